The van der Waals surface area contributed by atoms with Gasteiger partial charge in [0.1, 0.15) is 5.82 Å². The third-order valence-electron chi connectivity index (χ3n) is 7.04. The third-order valence-corrected chi connectivity index (χ3v) is 7.04. The second-order valence-electron chi connectivity index (χ2n) is 10.1. The van der Waals surface area contributed by atoms with Crippen molar-refractivity contribution in [3.05, 3.63) is 30.1 Å². The van der Waals surface area contributed by atoms with Crippen LogP contribution in [0.3, 0.4) is 0 Å². The molecule has 7 nitrogen and oxygen atoms in total. The molecule has 0 bridgehead atoms. The summed E-state index contributed by atoms with van der Waals surface area (Å²) in [4.78, 5) is 16.7. The third kappa shape index (κ3) is 6.64. The maximum atomic E-state index is 9.89. The molecule has 0 aromatic carbocycles. The summed E-state index contributed by atoms with van der Waals surface area (Å²) >= 11 is 0. The predicted molar refractivity (Wildman–Crippen MR) is 134 cm³/mol. The molecule has 1 unspecified atom stereocenters. The summed E-state index contributed by atoms with van der Waals surface area (Å²) in [5.41, 5.74) is 3.12. The lowest BCUT2D eigenvalue weighted by Crippen LogP contribution is -2.29. The number of rotatable bonds is 9. The van der Waals surface area contributed by atoms with Crippen LogP contribution in [-0.2, 0) is 6.42 Å². The zero-order valence-electron chi connectivity index (χ0n) is 20.4. The van der Waals surface area contributed by atoms with Gasteiger partial charge in [-0.3, -0.25) is 4.98 Å². The van der Waals surface area contributed by atoms with Crippen LogP contribution >= 0.6 is 0 Å². The molecule has 0 amide bonds. The van der Waals surface area contributed by atoms with E-state index in [1.54, 1.807) is 0 Å². The zero-order chi connectivity index (χ0) is 23.2. The van der Waals surface area contributed by atoms with Gasteiger partial charge in [0.25, 0.3) is 0 Å². The first-order valence-corrected chi connectivity index (χ1v) is 12.7. The fourth-order valence-corrected chi connectivity index (χ4v) is 5.12. The molecule has 180 valence electrons. The van der Waals surface area contributed by atoms with Crippen molar-refractivity contribution in [3.8, 4) is 11.3 Å². The molecule has 2 fully saturated rings. The monoisotopic (exact) mass is 452 g/mol. The predicted octanol–water partition coefficient (Wildman–Crippen LogP) is 4.35. The van der Waals surface area contributed by atoms with Crippen LogP contribution in [0.4, 0.5) is 11.8 Å². The summed E-state index contributed by atoms with van der Waals surface area (Å²) in [6.45, 7) is 6.72. The average Bonchev–Trinajstić information content (AvgIpc) is 3.21. The summed E-state index contributed by atoms with van der Waals surface area (Å²) in [5.74, 6) is 2.20. The first-order valence-electron chi connectivity index (χ1n) is 12.7. The highest BCUT2D eigenvalue weighted by Crippen LogP contribution is 2.29. The van der Waals surface area contributed by atoms with E-state index in [4.69, 9.17) is 9.97 Å². The van der Waals surface area contributed by atoms with Crippen LogP contribution < -0.4 is 10.6 Å². The Balaban J connectivity index is 1.52. The minimum Gasteiger partial charge on any atom is -0.393 e. The van der Waals surface area contributed by atoms with Crippen molar-refractivity contribution in [2.75, 3.05) is 30.8 Å². The summed E-state index contributed by atoms with van der Waals surface area (Å²) < 4.78 is 0. The highest BCUT2D eigenvalue weighted by atomic mass is 16.3. The summed E-state index contributed by atoms with van der Waals surface area (Å²) in [6, 6.07) is 4.94. The number of aliphatic hydroxyl groups excluding tert-OH is 1. The van der Waals surface area contributed by atoms with Crippen molar-refractivity contribution in [1.82, 2.24) is 19.9 Å². The topological polar surface area (TPSA) is 86.2 Å². The van der Waals surface area contributed by atoms with E-state index in [1.165, 1.54) is 25.1 Å². The van der Waals surface area contributed by atoms with Crippen molar-refractivity contribution < 1.29 is 5.11 Å². The lowest BCUT2D eigenvalue weighted by Gasteiger charge is -2.27. The molecule has 2 atom stereocenters. The molecule has 1 aliphatic heterocycles. The highest BCUT2D eigenvalue weighted by Gasteiger charge is 2.22. The van der Waals surface area contributed by atoms with Crippen LogP contribution in [0.15, 0.2) is 24.5 Å². The number of likely N-dealkylation sites (tertiary alicyclic amines) is 1. The Morgan fingerprint density at radius 3 is 2.61 bits per heavy atom. The first-order chi connectivity index (χ1) is 16.0. The minimum atomic E-state index is -0.172. The summed E-state index contributed by atoms with van der Waals surface area (Å²) in [6.07, 6.45) is 11.8. The van der Waals surface area contributed by atoms with E-state index in [-0.39, 0.29) is 6.10 Å². The molecule has 2 aromatic rings. The number of nitrogens with zero attached hydrogens (tertiary/aromatic N) is 4. The van der Waals surface area contributed by atoms with Crippen molar-refractivity contribution in [2.24, 2.45) is 5.92 Å². The molecule has 0 radical (unpaired) electrons. The lowest BCUT2D eigenvalue weighted by atomic mass is 9.93. The van der Waals surface area contributed by atoms with Gasteiger partial charge in [-0.25, -0.2) is 4.98 Å². The van der Waals surface area contributed by atoms with Crippen molar-refractivity contribution in [1.29, 1.82) is 0 Å². The number of anilines is 2. The van der Waals surface area contributed by atoms with E-state index in [0.29, 0.717) is 18.0 Å². The number of nitrogens with one attached hydrogen (secondary N) is 2. The largest absolute Gasteiger partial charge is 0.393 e. The molecule has 2 aromatic heterocycles. The maximum absolute atomic E-state index is 9.89. The average molecular weight is 453 g/mol. The van der Waals surface area contributed by atoms with Gasteiger partial charge in [0.05, 0.1) is 17.4 Å². The molecule has 4 rings (SSSR count). The van der Waals surface area contributed by atoms with Crippen molar-refractivity contribution in [3.63, 3.8) is 0 Å². The fourth-order valence-electron chi connectivity index (χ4n) is 5.12. The van der Waals surface area contributed by atoms with Gasteiger partial charge >= 0.3 is 0 Å². The van der Waals surface area contributed by atoms with Gasteiger partial charge in [-0.05, 0) is 83.0 Å². The molecule has 1 saturated carbocycles. The fraction of sp³-hybridized carbons (Fsp3) is 0.654. The van der Waals surface area contributed by atoms with Crippen LogP contribution in [0.5, 0.6) is 0 Å². The first kappa shape index (κ1) is 23.9. The van der Waals surface area contributed by atoms with Gasteiger partial charge in [0.2, 0.25) is 5.95 Å². The van der Waals surface area contributed by atoms with Crippen LogP contribution in [-0.4, -0.2) is 63.3 Å². The maximum Gasteiger partial charge on any atom is 0.224 e. The van der Waals surface area contributed by atoms with Crippen LogP contribution in [0.2, 0.25) is 0 Å². The van der Waals surface area contributed by atoms with E-state index >= 15 is 0 Å². The summed E-state index contributed by atoms with van der Waals surface area (Å²) in [5, 5.41) is 17.0. The van der Waals surface area contributed by atoms with Gasteiger partial charge in [-0.15, -0.1) is 0 Å². The molecule has 0 spiro atoms. The molecule has 1 aliphatic carbocycles. The molecule has 3 heterocycles. The number of pyridine rings is 1. The number of hydrogen-bond donors (Lipinski definition) is 3. The quantitative estimate of drug-likeness (QED) is 0.521. The Bertz CT molecular complexity index is 881. The number of aromatic nitrogens is 3. The van der Waals surface area contributed by atoms with Crippen molar-refractivity contribution in [2.45, 2.75) is 83.4 Å². The molecule has 33 heavy (non-hydrogen) atoms. The summed E-state index contributed by atoms with van der Waals surface area (Å²) in [7, 11) is 2.20. The zero-order valence-corrected chi connectivity index (χ0v) is 20.4. The van der Waals surface area contributed by atoms with E-state index < -0.39 is 0 Å². The van der Waals surface area contributed by atoms with E-state index in [1.807, 2.05) is 12.4 Å². The van der Waals surface area contributed by atoms with Crippen LogP contribution in [0.1, 0.15) is 64.4 Å². The minimum absolute atomic E-state index is 0.172. The SMILES string of the molecule is CCC[C@H](C)Nc1ncc(-c2ccc(CC3CCN(C)C3)cn2)c(NC2CCC(O)CC2)n1. The lowest BCUT2D eigenvalue weighted by molar-refractivity contribution is 0.126. The van der Waals surface area contributed by atoms with Crippen LogP contribution in [0, 0.1) is 5.92 Å². The molecule has 3 N–H and O–H groups in total. The van der Waals surface area contributed by atoms with Gasteiger partial charge in [0, 0.05) is 31.0 Å². The number of hydrogen-bond acceptors (Lipinski definition) is 7. The van der Waals surface area contributed by atoms with Gasteiger partial charge in [0.15, 0.2) is 0 Å². The van der Waals surface area contributed by atoms with Gasteiger partial charge < -0.3 is 20.6 Å². The van der Waals surface area contributed by atoms with Crippen molar-refractivity contribution >= 4 is 11.8 Å². The Kier molecular flexibility index (Phi) is 8.15. The highest BCUT2D eigenvalue weighted by molar-refractivity contribution is 5.73. The van der Waals surface area contributed by atoms with Gasteiger partial charge in [-0.1, -0.05) is 19.4 Å². The Morgan fingerprint density at radius 1 is 1.12 bits per heavy atom. The van der Waals surface area contributed by atoms with E-state index in [0.717, 1.165) is 67.9 Å². The Morgan fingerprint density at radius 2 is 1.94 bits per heavy atom. The smallest absolute Gasteiger partial charge is 0.224 e. The van der Waals surface area contributed by atoms with E-state index in [2.05, 4.69) is 53.5 Å². The number of aliphatic hydroxyl groups is 1. The standard InChI is InChI=1S/C26H40N6O/c1-4-5-18(2)29-26-28-16-23(25(31-26)30-21-7-9-22(33)10-8-21)24-11-6-19(15-27-24)14-20-12-13-32(3)17-20/h6,11,15-16,18,20-22,33H,4-5,7-10,12-14,17H2,1-3H3,(H2,28,29,30,31)/t18-,20?,21?,22?/m0/s1. The normalized spacial score (nSPS) is 24.5. The molecular formula is C26H40N6O. The molecular weight excluding hydrogens is 412 g/mol. The van der Waals surface area contributed by atoms with Crippen LogP contribution in [0.25, 0.3) is 11.3 Å². The second kappa shape index (κ2) is 11.3. The van der Waals surface area contributed by atoms with Gasteiger partial charge in [-0.2, -0.15) is 4.98 Å². The Hall–Kier alpha value is -2.25. The Labute approximate surface area is 198 Å². The van der Waals surface area contributed by atoms with E-state index in [9.17, 15) is 5.11 Å². The molecule has 1 saturated heterocycles. The molecule has 2 aliphatic rings. The molecule has 7 heteroatoms. The second-order valence-corrected chi connectivity index (χ2v) is 10.1.